The molecular weight excluding hydrogens is 264 g/mol. The quantitative estimate of drug-likeness (QED) is 0.908. The Bertz CT molecular complexity index is 497. The predicted octanol–water partition coefficient (Wildman–Crippen LogP) is 3.54. The first-order chi connectivity index (χ1) is 8.70. The highest BCUT2D eigenvalue weighted by Gasteiger charge is 2.08. The molecule has 0 saturated carbocycles. The average Bonchev–Trinajstić information content (AvgIpc) is 2.82. The highest BCUT2D eigenvalue weighted by atomic mass is 35.5. The van der Waals surface area contributed by atoms with E-state index < -0.39 is 0 Å². The van der Waals surface area contributed by atoms with Crippen LogP contribution in [0.3, 0.4) is 0 Å². The first-order valence-electron chi connectivity index (χ1n) is 5.92. The average molecular weight is 281 g/mol. The summed E-state index contributed by atoms with van der Waals surface area (Å²) in [7, 11) is 2.10. The molecule has 0 amide bonds. The summed E-state index contributed by atoms with van der Waals surface area (Å²) in [5, 5.41) is 2.87. The van der Waals surface area contributed by atoms with Gasteiger partial charge in [0.05, 0.1) is 6.54 Å². The largest absolute Gasteiger partial charge is 0.369 e. The lowest BCUT2D eigenvalue weighted by Gasteiger charge is -2.22. The number of anilines is 1. The van der Waals surface area contributed by atoms with Gasteiger partial charge in [0.2, 0.25) is 0 Å². The number of nitrogens with two attached hydrogens (primary N) is 1. The molecule has 0 spiro atoms. The van der Waals surface area contributed by atoms with E-state index >= 15 is 0 Å². The Morgan fingerprint density at radius 3 is 2.83 bits per heavy atom. The van der Waals surface area contributed by atoms with Crippen LogP contribution in [0.1, 0.15) is 10.4 Å². The van der Waals surface area contributed by atoms with Crippen molar-refractivity contribution in [2.45, 2.75) is 13.0 Å². The Balaban J connectivity index is 2.20. The summed E-state index contributed by atoms with van der Waals surface area (Å²) in [6.07, 6.45) is 0.852. The second kappa shape index (κ2) is 6.23. The molecule has 0 aliphatic heterocycles. The number of thiophene rings is 1. The molecule has 2 aromatic rings. The molecule has 2 N–H and O–H groups in total. The van der Waals surface area contributed by atoms with E-state index in [2.05, 4.69) is 35.5 Å². The van der Waals surface area contributed by atoms with Crippen molar-refractivity contribution in [3.63, 3.8) is 0 Å². The highest BCUT2D eigenvalue weighted by Crippen LogP contribution is 2.25. The van der Waals surface area contributed by atoms with Crippen molar-refractivity contribution in [1.29, 1.82) is 0 Å². The van der Waals surface area contributed by atoms with Crippen LogP contribution in [0.25, 0.3) is 0 Å². The van der Waals surface area contributed by atoms with Gasteiger partial charge >= 0.3 is 0 Å². The van der Waals surface area contributed by atoms with E-state index in [9.17, 15) is 0 Å². The van der Waals surface area contributed by atoms with E-state index in [1.165, 1.54) is 16.1 Å². The van der Waals surface area contributed by atoms with Gasteiger partial charge in [-0.1, -0.05) is 17.7 Å². The Morgan fingerprint density at radius 1 is 1.33 bits per heavy atom. The summed E-state index contributed by atoms with van der Waals surface area (Å²) in [6, 6.07) is 10.2. The van der Waals surface area contributed by atoms with Gasteiger partial charge in [0.1, 0.15) is 0 Å². The molecule has 0 atom stereocenters. The zero-order valence-corrected chi connectivity index (χ0v) is 12.0. The van der Waals surface area contributed by atoms with Gasteiger partial charge in [-0.2, -0.15) is 0 Å². The highest BCUT2D eigenvalue weighted by molar-refractivity contribution is 7.09. The smallest absolute Gasteiger partial charge is 0.0519 e. The molecule has 4 heteroatoms. The van der Waals surface area contributed by atoms with Gasteiger partial charge in [-0.05, 0) is 48.2 Å². The molecule has 0 aliphatic carbocycles. The number of hydrogen-bond donors (Lipinski definition) is 1. The van der Waals surface area contributed by atoms with Gasteiger partial charge in [-0.15, -0.1) is 11.3 Å². The number of benzene rings is 1. The molecule has 96 valence electrons. The maximum atomic E-state index is 6.04. The van der Waals surface area contributed by atoms with Gasteiger partial charge < -0.3 is 10.6 Å². The topological polar surface area (TPSA) is 29.3 Å². The van der Waals surface area contributed by atoms with E-state index in [1.54, 1.807) is 11.3 Å². The van der Waals surface area contributed by atoms with Crippen LogP contribution >= 0.6 is 22.9 Å². The molecule has 0 aliphatic rings. The van der Waals surface area contributed by atoms with Gasteiger partial charge in [0.25, 0.3) is 0 Å². The number of nitrogens with zero attached hydrogens (tertiary/aromatic N) is 1. The van der Waals surface area contributed by atoms with Crippen LogP contribution in [0.5, 0.6) is 0 Å². The normalized spacial score (nSPS) is 10.6. The molecule has 0 saturated heterocycles. The summed E-state index contributed by atoms with van der Waals surface area (Å²) in [4.78, 5) is 3.60. The molecule has 18 heavy (non-hydrogen) atoms. The lowest BCUT2D eigenvalue weighted by atomic mass is 10.1. The minimum atomic E-state index is 0.639. The van der Waals surface area contributed by atoms with Crippen LogP contribution in [-0.4, -0.2) is 13.6 Å². The molecule has 1 aromatic carbocycles. The van der Waals surface area contributed by atoms with E-state index in [4.69, 9.17) is 17.3 Å². The van der Waals surface area contributed by atoms with Gasteiger partial charge in [0.15, 0.2) is 0 Å². The number of hydrogen-bond acceptors (Lipinski definition) is 3. The maximum absolute atomic E-state index is 6.04. The van der Waals surface area contributed by atoms with E-state index in [1.807, 2.05) is 12.1 Å². The summed E-state index contributed by atoms with van der Waals surface area (Å²) in [6.45, 7) is 1.55. The van der Waals surface area contributed by atoms with Crippen LogP contribution in [-0.2, 0) is 13.0 Å². The van der Waals surface area contributed by atoms with Crippen molar-refractivity contribution in [2.24, 2.45) is 5.73 Å². The van der Waals surface area contributed by atoms with Crippen molar-refractivity contribution in [3.05, 3.63) is 51.2 Å². The Morgan fingerprint density at radius 2 is 2.17 bits per heavy atom. The third-order valence-electron chi connectivity index (χ3n) is 2.84. The van der Waals surface area contributed by atoms with E-state index in [0.29, 0.717) is 6.54 Å². The SMILES string of the molecule is CN(Cc1cccs1)c1ccc(Cl)cc1CCN. The molecule has 0 fully saturated rings. The summed E-state index contributed by atoms with van der Waals surface area (Å²) < 4.78 is 0. The van der Waals surface area contributed by atoms with Crippen LogP contribution in [0.15, 0.2) is 35.7 Å². The monoisotopic (exact) mass is 280 g/mol. The van der Waals surface area contributed by atoms with Gasteiger partial charge in [0, 0.05) is 22.6 Å². The predicted molar refractivity (Wildman–Crippen MR) is 80.6 cm³/mol. The van der Waals surface area contributed by atoms with Gasteiger partial charge in [-0.3, -0.25) is 0 Å². The van der Waals surface area contributed by atoms with E-state index in [0.717, 1.165) is 18.0 Å². The standard InChI is InChI=1S/C14H17ClN2S/c1-17(10-13-3-2-8-18-13)14-5-4-12(15)9-11(14)6-7-16/h2-5,8-9H,6-7,10,16H2,1H3. The zero-order chi connectivity index (χ0) is 13.0. The van der Waals surface area contributed by atoms with Crippen molar-refractivity contribution in [3.8, 4) is 0 Å². The summed E-state index contributed by atoms with van der Waals surface area (Å²) in [5.74, 6) is 0. The van der Waals surface area contributed by atoms with Gasteiger partial charge in [-0.25, -0.2) is 0 Å². The van der Waals surface area contributed by atoms with Crippen molar-refractivity contribution < 1.29 is 0 Å². The lowest BCUT2D eigenvalue weighted by molar-refractivity contribution is 0.903. The molecule has 1 aromatic heterocycles. The fraction of sp³-hybridized carbons (Fsp3) is 0.286. The molecule has 0 bridgehead atoms. The minimum absolute atomic E-state index is 0.639. The third kappa shape index (κ3) is 3.25. The Labute approximate surface area is 117 Å². The zero-order valence-electron chi connectivity index (χ0n) is 10.4. The fourth-order valence-electron chi connectivity index (χ4n) is 2.00. The van der Waals surface area contributed by atoms with E-state index in [-0.39, 0.29) is 0 Å². The first kappa shape index (κ1) is 13.4. The van der Waals surface area contributed by atoms with Crippen molar-refractivity contribution in [1.82, 2.24) is 0 Å². The second-order valence-electron chi connectivity index (χ2n) is 4.25. The second-order valence-corrected chi connectivity index (χ2v) is 5.72. The van der Waals surface area contributed by atoms with Crippen molar-refractivity contribution >= 4 is 28.6 Å². The molecule has 2 rings (SSSR count). The Kier molecular flexibility index (Phi) is 4.64. The van der Waals surface area contributed by atoms with Crippen molar-refractivity contribution in [2.75, 3.05) is 18.5 Å². The van der Waals surface area contributed by atoms with Crippen LogP contribution in [0.4, 0.5) is 5.69 Å². The summed E-state index contributed by atoms with van der Waals surface area (Å²) in [5.41, 5.74) is 8.07. The molecule has 1 heterocycles. The van der Waals surface area contributed by atoms with Crippen LogP contribution < -0.4 is 10.6 Å². The molecule has 0 radical (unpaired) electrons. The Hall–Kier alpha value is -1.03. The molecule has 0 unspecified atom stereocenters. The number of halogens is 1. The molecular formula is C14H17ClN2S. The fourth-order valence-corrected chi connectivity index (χ4v) is 2.96. The number of rotatable bonds is 5. The summed E-state index contributed by atoms with van der Waals surface area (Å²) >= 11 is 7.82. The molecule has 2 nitrogen and oxygen atoms in total. The first-order valence-corrected chi connectivity index (χ1v) is 7.18. The van der Waals surface area contributed by atoms with Crippen LogP contribution in [0, 0.1) is 0 Å². The van der Waals surface area contributed by atoms with Crippen LogP contribution in [0.2, 0.25) is 5.02 Å². The third-order valence-corrected chi connectivity index (χ3v) is 3.94. The maximum Gasteiger partial charge on any atom is 0.0519 e. The lowest BCUT2D eigenvalue weighted by Crippen LogP contribution is -2.18. The minimum Gasteiger partial charge on any atom is -0.369 e.